The van der Waals surface area contributed by atoms with Gasteiger partial charge in [0.1, 0.15) is 5.75 Å². The van der Waals surface area contributed by atoms with Crippen LogP contribution in [0.1, 0.15) is 5.56 Å². The number of anilines is 2. The monoisotopic (exact) mass is 450 g/mol. The number of nitrogens with two attached hydrogens (primary N) is 1. The SMILES string of the molecule is COc1ccc(NC(N)=NCc2ccc(N3CC=CC3)cc2)cc1.I. The number of methoxy groups -OCH3 is 1. The molecule has 0 aromatic heterocycles. The number of nitrogens with one attached hydrogen (secondary N) is 1. The first-order valence-corrected chi connectivity index (χ1v) is 7.94. The largest absolute Gasteiger partial charge is 0.497 e. The lowest BCUT2D eigenvalue weighted by molar-refractivity contribution is 0.415. The lowest BCUT2D eigenvalue weighted by Gasteiger charge is -2.17. The Balaban J connectivity index is 0.00000225. The van der Waals surface area contributed by atoms with Crippen LogP contribution in [0.25, 0.3) is 0 Å². The molecule has 0 atom stereocenters. The number of hydrogen-bond acceptors (Lipinski definition) is 3. The molecular formula is C19H23IN4O. The smallest absolute Gasteiger partial charge is 0.193 e. The fourth-order valence-electron chi connectivity index (χ4n) is 2.54. The maximum Gasteiger partial charge on any atom is 0.193 e. The maximum absolute atomic E-state index is 5.94. The number of ether oxygens (including phenoxy) is 1. The van der Waals surface area contributed by atoms with Crippen LogP contribution < -0.4 is 20.7 Å². The van der Waals surface area contributed by atoms with Gasteiger partial charge in [0.15, 0.2) is 5.96 Å². The average Bonchev–Trinajstić information content (AvgIpc) is 3.16. The van der Waals surface area contributed by atoms with Crippen molar-refractivity contribution in [3.05, 3.63) is 66.2 Å². The van der Waals surface area contributed by atoms with Gasteiger partial charge < -0.3 is 20.7 Å². The third kappa shape index (κ3) is 5.38. The van der Waals surface area contributed by atoms with Crippen LogP contribution in [0, 0.1) is 0 Å². The van der Waals surface area contributed by atoms with Gasteiger partial charge in [-0.3, -0.25) is 0 Å². The lowest BCUT2D eigenvalue weighted by atomic mass is 10.2. The van der Waals surface area contributed by atoms with Crippen molar-refractivity contribution in [1.29, 1.82) is 0 Å². The molecule has 3 rings (SSSR count). The summed E-state index contributed by atoms with van der Waals surface area (Å²) < 4.78 is 5.13. The number of rotatable bonds is 5. The Kier molecular flexibility index (Phi) is 7.12. The van der Waals surface area contributed by atoms with Crippen molar-refractivity contribution in [1.82, 2.24) is 0 Å². The van der Waals surface area contributed by atoms with Crippen molar-refractivity contribution in [3.63, 3.8) is 0 Å². The average molecular weight is 450 g/mol. The predicted octanol–water partition coefficient (Wildman–Crippen LogP) is 3.62. The van der Waals surface area contributed by atoms with Crippen LogP contribution in [0.4, 0.5) is 11.4 Å². The fraction of sp³-hybridized carbons (Fsp3) is 0.211. The molecule has 1 heterocycles. The maximum atomic E-state index is 5.94. The van der Waals surface area contributed by atoms with Crippen LogP contribution in [0.3, 0.4) is 0 Å². The number of halogens is 1. The molecule has 0 saturated carbocycles. The molecule has 5 nitrogen and oxygen atoms in total. The summed E-state index contributed by atoms with van der Waals surface area (Å²) in [5, 5.41) is 3.08. The molecule has 3 N–H and O–H groups in total. The normalized spacial score (nSPS) is 13.5. The Bertz CT molecular complexity index is 718. The lowest BCUT2D eigenvalue weighted by Crippen LogP contribution is -2.22. The van der Waals surface area contributed by atoms with Gasteiger partial charge in [0, 0.05) is 24.5 Å². The molecule has 6 heteroatoms. The first kappa shape index (κ1) is 19.1. The highest BCUT2D eigenvalue weighted by atomic mass is 127. The minimum Gasteiger partial charge on any atom is -0.497 e. The highest BCUT2D eigenvalue weighted by Gasteiger charge is 2.06. The van der Waals surface area contributed by atoms with E-state index in [1.807, 2.05) is 24.3 Å². The molecule has 0 amide bonds. The summed E-state index contributed by atoms with van der Waals surface area (Å²) in [5.74, 6) is 1.21. The van der Waals surface area contributed by atoms with Crippen molar-refractivity contribution >= 4 is 41.3 Å². The Morgan fingerprint density at radius 2 is 1.72 bits per heavy atom. The molecule has 0 unspecified atom stereocenters. The second kappa shape index (κ2) is 9.31. The van der Waals surface area contributed by atoms with E-state index in [-0.39, 0.29) is 24.0 Å². The van der Waals surface area contributed by atoms with E-state index < -0.39 is 0 Å². The van der Waals surface area contributed by atoms with Gasteiger partial charge in [-0.1, -0.05) is 24.3 Å². The number of guanidine groups is 1. The Morgan fingerprint density at radius 3 is 2.32 bits per heavy atom. The molecule has 0 saturated heterocycles. The van der Waals surface area contributed by atoms with Crippen molar-refractivity contribution in [2.45, 2.75) is 6.54 Å². The summed E-state index contributed by atoms with van der Waals surface area (Å²) in [6, 6.07) is 16.0. The van der Waals surface area contributed by atoms with Gasteiger partial charge in [-0.25, -0.2) is 4.99 Å². The summed E-state index contributed by atoms with van der Waals surface area (Å²) in [7, 11) is 1.64. The Labute approximate surface area is 165 Å². The molecular weight excluding hydrogens is 427 g/mol. The van der Waals surface area contributed by atoms with Crippen molar-refractivity contribution in [3.8, 4) is 5.75 Å². The molecule has 0 radical (unpaired) electrons. The molecule has 2 aromatic carbocycles. The first-order valence-electron chi connectivity index (χ1n) is 7.94. The van der Waals surface area contributed by atoms with Crippen LogP contribution in [0.2, 0.25) is 0 Å². The number of aliphatic imine (C=N–C) groups is 1. The minimum atomic E-state index is 0. The second-order valence-corrected chi connectivity index (χ2v) is 5.60. The summed E-state index contributed by atoms with van der Waals surface area (Å²) >= 11 is 0. The summed E-state index contributed by atoms with van der Waals surface area (Å²) in [5.41, 5.74) is 9.19. The van der Waals surface area contributed by atoms with Crippen LogP contribution in [0.15, 0.2) is 65.7 Å². The van der Waals surface area contributed by atoms with Crippen molar-refractivity contribution in [2.24, 2.45) is 10.7 Å². The third-order valence-corrected chi connectivity index (χ3v) is 3.91. The van der Waals surface area contributed by atoms with Gasteiger partial charge in [0.25, 0.3) is 0 Å². The first-order chi connectivity index (χ1) is 11.7. The zero-order valence-corrected chi connectivity index (χ0v) is 16.5. The van der Waals surface area contributed by atoms with Crippen LogP contribution >= 0.6 is 24.0 Å². The molecule has 132 valence electrons. The Hall–Kier alpha value is -2.22. The van der Waals surface area contributed by atoms with Gasteiger partial charge in [0.05, 0.1) is 13.7 Å². The van der Waals surface area contributed by atoms with E-state index in [2.05, 4.69) is 51.6 Å². The van der Waals surface area contributed by atoms with Gasteiger partial charge in [-0.05, 0) is 42.0 Å². The summed E-state index contributed by atoms with van der Waals surface area (Å²) in [4.78, 5) is 6.70. The highest BCUT2D eigenvalue weighted by molar-refractivity contribution is 14.0. The third-order valence-electron chi connectivity index (χ3n) is 3.91. The van der Waals surface area contributed by atoms with Crippen LogP contribution in [0.5, 0.6) is 5.75 Å². The van der Waals surface area contributed by atoms with E-state index in [4.69, 9.17) is 10.5 Å². The molecule has 0 fully saturated rings. The van der Waals surface area contributed by atoms with E-state index in [1.165, 1.54) is 5.69 Å². The Morgan fingerprint density at radius 1 is 1.08 bits per heavy atom. The van der Waals surface area contributed by atoms with Crippen LogP contribution in [-0.4, -0.2) is 26.2 Å². The molecule has 1 aliphatic heterocycles. The zero-order valence-electron chi connectivity index (χ0n) is 14.2. The molecule has 0 spiro atoms. The molecule has 25 heavy (non-hydrogen) atoms. The molecule has 2 aromatic rings. The summed E-state index contributed by atoms with van der Waals surface area (Å²) in [6.07, 6.45) is 4.37. The van der Waals surface area contributed by atoms with E-state index in [1.54, 1.807) is 7.11 Å². The quantitative estimate of drug-likeness (QED) is 0.316. The van der Waals surface area contributed by atoms with Crippen LogP contribution in [-0.2, 0) is 6.54 Å². The van der Waals surface area contributed by atoms with Crippen molar-refractivity contribution < 1.29 is 4.74 Å². The van der Waals surface area contributed by atoms with E-state index in [0.717, 1.165) is 30.1 Å². The number of benzene rings is 2. The zero-order chi connectivity index (χ0) is 16.8. The van der Waals surface area contributed by atoms with E-state index in [9.17, 15) is 0 Å². The van der Waals surface area contributed by atoms with Gasteiger partial charge in [-0.15, -0.1) is 24.0 Å². The van der Waals surface area contributed by atoms with Gasteiger partial charge >= 0.3 is 0 Å². The molecule has 0 bridgehead atoms. The van der Waals surface area contributed by atoms with Crippen molar-refractivity contribution in [2.75, 3.05) is 30.4 Å². The second-order valence-electron chi connectivity index (χ2n) is 5.60. The number of nitrogens with zero attached hydrogens (tertiary/aromatic N) is 2. The summed E-state index contributed by atoms with van der Waals surface area (Å²) in [6.45, 7) is 2.51. The van der Waals surface area contributed by atoms with Gasteiger partial charge in [0.2, 0.25) is 0 Å². The minimum absolute atomic E-state index is 0. The molecule has 1 aliphatic rings. The standard InChI is InChI=1S/C19H22N4O.HI/c1-24-18-10-6-16(7-11-18)22-19(20)21-14-15-4-8-17(9-5-15)23-12-2-3-13-23;/h2-11H,12-14H2,1H3,(H3,20,21,22);1H. The highest BCUT2D eigenvalue weighted by Crippen LogP contribution is 2.18. The fourth-order valence-corrected chi connectivity index (χ4v) is 2.54. The molecule has 0 aliphatic carbocycles. The van der Waals surface area contributed by atoms with E-state index in [0.29, 0.717) is 12.5 Å². The number of hydrogen-bond donors (Lipinski definition) is 2. The topological polar surface area (TPSA) is 62.9 Å². The van der Waals surface area contributed by atoms with E-state index >= 15 is 0 Å². The van der Waals surface area contributed by atoms with Gasteiger partial charge in [-0.2, -0.15) is 0 Å². The predicted molar refractivity (Wildman–Crippen MR) is 115 cm³/mol.